The standard InChI is InChI=1S/C23H29N3O2S/c1-3-28-21(27)23(12-7-11-19-9-5-4-6-10-19)13-8-14-26(18-23)17-20-15-24-22(29-2)25-16-20/h4-7,9-11,15-16H,3,8,12-14,17-18H2,1-2H3/b11-7+/t23-/m0/s1. The van der Waals surface area contributed by atoms with Crippen molar-refractivity contribution < 1.29 is 9.53 Å². The monoisotopic (exact) mass is 411 g/mol. The van der Waals surface area contributed by atoms with E-state index >= 15 is 0 Å². The first-order valence-corrected chi connectivity index (χ1v) is 11.3. The van der Waals surface area contributed by atoms with Gasteiger partial charge < -0.3 is 4.74 Å². The number of carbonyl (C=O) groups excluding carboxylic acids is 1. The third-order valence-corrected chi connectivity index (χ3v) is 5.83. The molecule has 2 heterocycles. The quantitative estimate of drug-likeness (QED) is 0.363. The molecule has 0 saturated carbocycles. The van der Waals surface area contributed by atoms with E-state index in [9.17, 15) is 4.79 Å². The fourth-order valence-electron chi connectivity index (χ4n) is 3.84. The molecule has 0 aliphatic carbocycles. The van der Waals surface area contributed by atoms with Gasteiger partial charge in [-0.25, -0.2) is 9.97 Å². The topological polar surface area (TPSA) is 55.3 Å². The minimum Gasteiger partial charge on any atom is -0.466 e. The summed E-state index contributed by atoms with van der Waals surface area (Å²) in [6.07, 6.45) is 12.4. The summed E-state index contributed by atoms with van der Waals surface area (Å²) in [4.78, 5) is 24.0. The summed E-state index contributed by atoms with van der Waals surface area (Å²) in [7, 11) is 0. The lowest BCUT2D eigenvalue weighted by atomic mass is 9.76. The summed E-state index contributed by atoms with van der Waals surface area (Å²) >= 11 is 1.54. The summed E-state index contributed by atoms with van der Waals surface area (Å²) < 4.78 is 5.49. The molecule has 5 nitrogen and oxygen atoms in total. The second-order valence-electron chi connectivity index (χ2n) is 7.41. The number of carbonyl (C=O) groups is 1. The molecule has 1 aliphatic heterocycles. The molecule has 1 aromatic carbocycles. The number of hydrogen-bond acceptors (Lipinski definition) is 6. The first-order valence-electron chi connectivity index (χ1n) is 10.1. The molecular weight excluding hydrogens is 382 g/mol. The molecule has 1 fully saturated rings. The Morgan fingerprint density at radius 3 is 2.72 bits per heavy atom. The summed E-state index contributed by atoms with van der Waals surface area (Å²) in [5, 5.41) is 0.777. The van der Waals surface area contributed by atoms with Gasteiger partial charge in [-0.3, -0.25) is 9.69 Å². The Morgan fingerprint density at radius 1 is 1.28 bits per heavy atom. The minimum atomic E-state index is -0.500. The Balaban J connectivity index is 1.72. The first kappa shape index (κ1) is 21.5. The van der Waals surface area contributed by atoms with Gasteiger partial charge in [-0.15, -0.1) is 0 Å². The molecule has 0 bridgehead atoms. The Morgan fingerprint density at radius 2 is 2.03 bits per heavy atom. The lowest BCUT2D eigenvalue weighted by molar-refractivity contribution is -0.159. The van der Waals surface area contributed by atoms with Gasteiger partial charge in [0.15, 0.2) is 5.16 Å². The van der Waals surface area contributed by atoms with E-state index in [1.165, 1.54) is 11.8 Å². The number of nitrogens with zero attached hydrogens (tertiary/aromatic N) is 3. The predicted molar refractivity (Wildman–Crippen MR) is 117 cm³/mol. The van der Waals surface area contributed by atoms with E-state index < -0.39 is 5.41 Å². The van der Waals surface area contributed by atoms with Crippen molar-refractivity contribution in [1.82, 2.24) is 14.9 Å². The lowest BCUT2D eigenvalue weighted by Crippen LogP contribution is -2.48. The van der Waals surface area contributed by atoms with Crippen LogP contribution in [-0.2, 0) is 16.1 Å². The maximum absolute atomic E-state index is 12.9. The zero-order chi connectivity index (χ0) is 20.5. The van der Waals surface area contributed by atoms with E-state index in [0.717, 1.165) is 42.2 Å². The van der Waals surface area contributed by atoms with Crippen LogP contribution in [0.5, 0.6) is 0 Å². The molecule has 0 spiro atoms. The van der Waals surface area contributed by atoms with Crippen molar-refractivity contribution in [3.63, 3.8) is 0 Å². The number of ether oxygens (including phenoxy) is 1. The van der Waals surface area contributed by atoms with Crippen LogP contribution >= 0.6 is 11.8 Å². The summed E-state index contributed by atoms with van der Waals surface area (Å²) in [5.74, 6) is -0.0867. The Kier molecular flexibility index (Phi) is 7.83. The molecule has 6 heteroatoms. The molecule has 2 aromatic rings. The molecule has 0 N–H and O–H groups in total. The number of esters is 1. The molecule has 3 rings (SSSR count). The Bertz CT molecular complexity index is 811. The minimum absolute atomic E-state index is 0.0867. The van der Waals surface area contributed by atoms with E-state index in [0.29, 0.717) is 19.6 Å². The number of piperidine rings is 1. The van der Waals surface area contributed by atoms with Crippen molar-refractivity contribution >= 4 is 23.8 Å². The van der Waals surface area contributed by atoms with E-state index in [2.05, 4.69) is 39.2 Å². The van der Waals surface area contributed by atoms with Crippen LogP contribution < -0.4 is 0 Å². The normalized spacial score (nSPS) is 20.1. The SMILES string of the molecule is CCOC(=O)[C@@]1(C/C=C/c2ccccc2)CCCN(Cc2cnc(SC)nc2)C1. The van der Waals surface area contributed by atoms with Gasteiger partial charge in [0.05, 0.1) is 12.0 Å². The van der Waals surface area contributed by atoms with Crippen LogP contribution in [0.4, 0.5) is 0 Å². The van der Waals surface area contributed by atoms with Gasteiger partial charge >= 0.3 is 5.97 Å². The maximum Gasteiger partial charge on any atom is 0.313 e. The highest BCUT2D eigenvalue weighted by Crippen LogP contribution is 2.36. The van der Waals surface area contributed by atoms with Crippen LogP contribution in [-0.4, -0.2) is 46.8 Å². The van der Waals surface area contributed by atoms with Gasteiger partial charge in [0.25, 0.3) is 0 Å². The van der Waals surface area contributed by atoms with Crippen LogP contribution in [0, 0.1) is 5.41 Å². The van der Waals surface area contributed by atoms with Gasteiger partial charge in [-0.05, 0) is 44.6 Å². The van der Waals surface area contributed by atoms with Crippen LogP contribution in [0.1, 0.15) is 37.3 Å². The number of allylic oxidation sites excluding steroid dienone is 1. The lowest BCUT2D eigenvalue weighted by Gasteiger charge is -2.40. The van der Waals surface area contributed by atoms with Crippen LogP contribution in [0.3, 0.4) is 0 Å². The highest BCUT2D eigenvalue weighted by molar-refractivity contribution is 7.98. The zero-order valence-electron chi connectivity index (χ0n) is 17.2. The second-order valence-corrected chi connectivity index (χ2v) is 8.18. The highest BCUT2D eigenvalue weighted by Gasteiger charge is 2.42. The molecule has 0 unspecified atom stereocenters. The maximum atomic E-state index is 12.9. The average molecular weight is 412 g/mol. The number of hydrogen-bond donors (Lipinski definition) is 0. The number of benzene rings is 1. The Labute approximate surface area is 177 Å². The largest absolute Gasteiger partial charge is 0.466 e. The Hall–Kier alpha value is -2.18. The third kappa shape index (κ3) is 5.90. The molecule has 154 valence electrons. The van der Waals surface area contributed by atoms with Crippen LogP contribution in [0.25, 0.3) is 6.08 Å². The molecule has 1 saturated heterocycles. The number of rotatable bonds is 8. The summed E-state index contributed by atoms with van der Waals surface area (Å²) in [6, 6.07) is 10.2. The van der Waals surface area contributed by atoms with Crippen molar-refractivity contribution in [3.8, 4) is 0 Å². The number of aromatic nitrogens is 2. The fraction of sp³-hybridized carbons (Fsp3) is 0.435. The average Bonchev–Trinajstić information content (AvgIpc) is 2.75. The molecule has 1 atom stereocenters. The highest BCUT2D eigenvalue weighted by atomic mass is 32.2. The van der Waals surface area contributed by atoms with Gasteiger partial charge in [0.2, 0.25) is 0 Å². The molecular formula is C23H29N3O2S. The third-order valence-electron chi connectivity index (χ3n) is 5.25. The van der Waals surface area contributed by atoms with Crippen molar-refractivity contribution in [3.05, 3.63) is 59.9 Å². The van der Waals surface area contributed by atoms with Crippen LogP contribution in [0.2, 0.25) is 0 Å². The van der Waals surface area contributed by atoms with Crippen molar-refractivity contribution in [2.75, 3.05) is 26.0 Å². The first-order chi connectivity index (χ1) is 14.1. The predicted octanol–water partition coefficient (Wildman–Crippen LogP) is 4.45. The van der Waals surface area contributed by atoms with Gasteiger partial charge in [-0.2, -0.15) is 0 Å². The van der Waals surface area contributed by atoms with E-state index in [1.807, 2.05) is 43.8 Å². The molecule has 1 aromatic heterocycles. The van der Waals surface area contributed by atoms with E-state index in [4.69, 9.17) is 4.74 Å². The number of thioether (sulfide) groups is 1. The fourth-order valence-corrected chi connectivity index (χ4v) is 4.15. The molecule has 29 heavy (non-hydrogen) atoms. The van der Waals surface area contributed by atoms with E-state index in [-0.39, 0.29) is 5.97 Å². The zero-order valence-corrected chi connectivity index (χ0v) is 18.0. The van der Waals surface area contributed by atoms with Gasteiger partial charge in [-0.1, -0.05) is 54.2 Å². The number of likely N-dealkylation sites (tertiary alicyclic amines) is 1. The van der Waals surface area contributed by atoms with Crippen molar-refractivity contribution in [2.45, 2.75) is 37.9 Å². The van der Waals surface area contributed by atoms with Gasteiger partial charge in [0, 0.05) is 31.0 Å². The molecule has 0 amide bonds. The summed E-state index contributed by atoms with van der Waals surface area (Å²) in [6.45, 7) is 4.69. The second kappa shape index (κ2) is 10.6. The van der Waals surface area contributed by atoms with Crippen LogP contribution in [0.15, 0.2) is 54.0 Å². The van der Waals surface area contributed by atoms with E-state index in [1.54, 1.807) is 0 Å². The van der Waals surface area contributed by atoms with Crippen molar-refractivity contribution in [1.29, 1.82) is 0 Å². The van der Waals surface area contributed by atoms with Gasteiger partial charge in [0.1, 0.15) is 0 Å². The molecule has 1 aliphatic rings. The smallest absolute Gasteiger partial charge is 0.313 e. The summed E-state index contributed by atoms with van der Waals surface area (Å²) in [5.41, 5.74) is 1.71. The van der Waals surface area contributed by atoms with Crippen molar-refractivity contribution in [2.24, 2.45) is 5.41 Å². The molecule has 0 radical (unpaired) electrons.